The number of carbonyl (C=O) groups is 1. The average molecular weight is 213 g/mol. The van der Waals surface area contributed by atoms with Crippen LogP contribution in [0.3, 0.4) is 0 Å². The van der Waals surface area contributed by atoms with Gasteiger partial charge in [-0.3, -0.25) is 0 Å². The Balaban J connectivity index is 3.55. The quantitative estimate of drug-likeness (QED) is 0.481. The summed E-state index contributed by atoms with van der Waals surface area (Å²) in [5.41, 5.74) is 0.492. The molecule has 0 atom stereocenters. The average Bonchev–Trinajstić information content (AvgIpc) is 2.15. The van der Waals surface area contributed by atoms with Gasteiger partial charge in [0.2, 0.25) is 0 Å². The number of aliphatic carboxylic acids is 1. The lowest BCUT2D eigenvalue weighted by Gasteiger charge is -2.05. The Morgan fingerprint density at radius 3 is 2.60 bits per heavy atom. The van der Waals surface area contributed by atoms with Crippen molar-refractivity contribution in [2.75, 3.05) is 13.1 Å². The molecule has 3 heteroatoms. The molecular formula is C12H23NO2. The Morgan fingerprint density at radius 2 is 2.13 bits per heavy atom. The van der Waals surface area contributed by atoms with Gasteiger partial charge in [0.1, 0.15) is 0 Å². The highest BCUT2D eigenvalue weighted by Crippen LogP contribution is 2.02. The minimum Gasteiger partial charge on any atom is -0.478 e. The van der Waals surface area contributed by atoms with Crippen molar-refractivity contribution in [3.8, 4) is 0 Å². The zero-order chi connectivity index (χ0) is 11.7. The van der Waals surface area contributed by atoms with Crippen molar-refractivity contribution in [1.29, 1.82) is 0 Å². The summed E-state index contributed by atoms with van der Waals surface area (Å²) >= 11 is 0. The molecule has 0 amide bonds. The van der Waals surface area contributed by atoms with E-state index in [1.807, 2.05) is 6.92 Å². The first-order valence-electron chi connectivity index (χ1n) is 5.71. The molecule has 0 aromatic rings. The van der Waals surface area contributed by atoms with Gasteiger partial charge < -0.3 is 10.4 Å². The first kappa shape index (κ1) is 14.2. The number of nitrogens with one attached hydrogen (secondary N) is 1. The summed E-state index contributed by atoms with van der Waals surface area (Å²) in [6.07, 6.45) is 4.72. The van der Waals surface area contributed by atoms with Gasteiger partial charge in [0.05, 0.1) is 0 Å². The molecule has 0 saturated heterocycles. The third-order valence-corrected chi connectivity index (χ3v) is 2.28. The van der Waals surface area contributed by atoms with Crippen molar-refractivity contribution in [1.82, 2.24) is 5.32 Å². The lowest BCUT2D eigenvalue weighted by molar-refractivity contribution is -0.132. The van der Waals surface area contributed by atoms with E-state index in [2.05, 4.69) is 19.2 Å². The van der Waals surface area contributed by atoms with E-state index in [9.17, 15) is 4.79 Å². The van der Waals surface area contributed by atoms with Gasteiger partial charge in [0, 0.05) is 12.1 Å². The number of hydrogen-bond donors (Lipinski definition) is 2. The van der Waals surface area contributed by atoms with Crippen molar-refractivity contribution in [2.24, 2.45) is 5.92 Å². The van der Waals surface area contributed by atoms with E-state index < -0.39 is 5.97 Å². The van der Waals surface area contributed by atoms with Crippen molar-refractivity contribution < 1.29 is 9.90 Å². The molecule has 0 fully saturated rings. The summed E-state index contributed by atoms with van der Waals surface area (Å²) in [5, 5.41) is 12.0. The normalized spacial score (nSPS) is 12.1. The molecule has 3 nitrogen and oxygen atoms in total. The topological polar surface area (TPSA) is 49.3 Å². The Morgan fingerprint density at radius 1 is 1.47 bits per heavy atom. The second-order valence-corrected chi connectivity index (χ2v) is 4.13. The lowest BCUT2D eigenvalue weighted by atomic mass is 10.1. The zero-order valence-corrected chi connectivity index (χ0v) is 10.0. The van der Waals surface area contributed by atoms with Crippen molar-refractivity contribution in [2.45, 2.75) is 40.0 Å². The minimum atomic E-state index is -0.804. The predicted octanol–water partition coefficient (Wildman–Crippen LogP) is 2.43. The van der Waals surface area contributed by atoms with Crippen molar-refractivity contribution in [3.05, 3.63) is 11.6 Å². The Kier molecular flexibility index (Phi) is 8.01. The molecule has 0 heterocycles. The van der Waals surface area contributed by atoms with E-state index in [1.54, 1.807) is 6.08 Å². The van der Waals surface area contributed by atoms with Crippen LogP contribution in [0.15, 0.2) is 11.6 Å². The largest absolute Gasteiger partial charge is 0.478 e. The van der Waals surface area contributed by atoms with Crippen molar-refractivity contribution in [3.63, 3.8) is 0 Å². The molecule has 0 rings (SSSR count). The molecule has 0 aliphatic carbocycles. The third-order valence-electron chi connectivity index (χ3n) is 2.28. The first-order valence-corrected chi connectivity index (χ1v) is 5.71. The fraction of sp³-hybridized carbons (Fsp3) is 0.750. The first-order chi connectivity index (χ1) is 7.07. The van der Waals surface area contributed by atoms with E-state index >= 15 is 0 Å². The van der Waals surface area contributed by atoms with Crippen LogP contribution in [0.4, 0.5) is 0 Å². The number of carboxylic acid groups (broad SMARTS) is 1. The molecule has 2 N–H and O–H groups in total. The summed E-state index contributed by atoms with van der Waals surface area (Å²) in [7, 11) is 0. The van der Waals surface area contributed by atoms with E-state index in [0.717, 1.165) is 18.9 Å². The van der Waals surface area contributed by atoms with E-state index in [4.69, 9.17) is 5.11 Å². The maximum Gasteiger partial charge on any atom is 0.331 e. The van der Waals surface area contributed by atoms with Gasteiger partial charge >= 0.3 is 5.97 Å². The second-order valence-electron chi connectivity index (χ2n) is 4.13. The van der Waals surface area contributed by atoms with Gasteiger partial charge in [0.25, 0.3) is 0 Å². The molecule has 0 aromatic carbocycles. The molecule has 0 bridgehead atoms. The van der Waals surface area contributed by atoms with Gasteiger partial charge in [-0.1, -0.05) is 26.8 Å². The van der Waals surface area contributed by atoms with Crippen LogP contribution in [0.1, 0.15) is 40.0 Å². The molecule has 0 radical (unpaired) electrons. The van der Waals surface area contributed by atoms with E-state index in [0.29, 0.717) is 18.5 Å². The molecule has 88 valence electrons. The van der Waals surface area contributed by atoms with Crippen LogP contribution in [-0.4, -0.2) is 24.2 Å². The molecular weight excluding hydrogens is 190 g/mol. The molecule has 0 aliphatic heterocycles. The van der Waals surface area contributed by atoms with Gasteiger partial charge in [-0.2, -0.15) is 0 Å². The van der Waals surface area contributed by atoms with Crippen LogP contribution in [0.2, 0.25) is 0 Å². The summed E-state index contributed by atoms with van der Waals surface area (Å²) in [5.74, 6) is -0.0611. The Labute approximate surface area is 92.6 Å². The SMILES string of the molecule is CCC(=CCNCCCC(C)C)C(=O)O. The highest BCUT2D eigenvalue weighted by molar-refractivity contribution is 5.86. The van der Waals surface area contributed by atoms with Gasteiger partial charge in [-0.25, -0.2) is 4.79 Å². The Hall–Kier alpha value is -0.830. The minimum absolute atomic E-state index is 0.492. The molecule has 15 heavy (non-hydrogen) atoms. The maximum atomic E-state index is 10.6. The number of carboxylic acids is 1. The standard InChI is InChI=1S/C12H23NO2/c1-4-11(12(14)15)7-9-13-8-5-6-10(2)3/h7,10,13H,4-6,8-9H2,1-3H3,(H,14,15). The molecule has 0 spiro atoms. The Bertz CT molecular complexity index is 210. The van der Waals surface area contributed by atoms with Crippen LogP contribution in [0.25, 0.3) is 0 Å². The smallest absolute Gasteiger partial charge is 0.331 e. The van der Waals surface area contributed by atoms with E-state index in [-0.39, 0.29) is 0 Å². The monoisotopic (exact) mass is 213 g/mol. The summed E-state index contributed by atoms with van der Waals surface area (Å²) in [6.45, 7) is 7.90. The molecule has 0 unspecified atom stereocenters. The highest BCUT2D eigenvalue weighted by atomic mass is 16.4. The van der Waals surface area contributed by atoms with Crippen LogP contribution in [-0.2, 0) is 4.79 Å². The third kappa shape index (κ3) is 8.18. The van der Waals surface area contributed by atoms with Gasteiger partial charge in [-0.15, -0.1) is 0 Å². The van der Waals surface area contributed by atoms with Crippen LogP contribution < -0.4 is 5.32 Å². The predicted molar refractivity (Wildman–Crippen MR) is 63.0 cm³/mol. The zero-order valence-electron chi connectivity index (χ0n) is 10.0. The van der Waals surface area contributed by atoms with Crippen molar-refractivity contribution >= 4 is 5.97 Å². The second kappa shape index (κ2) is 8.48. The molecule has 0 saturated carbocycles. The van der Waals surface area contributed by atoms with Gasteiger partial charge in [-0.05, 0) is 31.7 Å². The number of rotatable bonds is 8. The maximum absolute atomic E-state index is 10.6. The fourth-order valence-electron chi connectivity index (χ4n) is 1.32. The lowest BCUT2D eigenvalue weighted by Crippen LogP contribution is -2.16. The summed E-state index contributed by atoms with van der Waals surface area (Å²) in [4.78, 5) is 10.6. The van der Waals surface area contributed by atoms with E-state index in [1.165, 1.54) is 6.42 Å². The van der Waals surface area contributed by atoms with Crippen LogP contribution >= 0.6 is 0 Å². The van der Waals surface area contributed by atoms with Crippen LogP contribution in [0, 0.1) is 5.92 Å². The fourth-order valence-corrected chi connectivity index (χ4v) is 1.32. The molecule has 0 aliphatic rings. The van der Waals surface area contributed by atoms with Gasteiger partial charge in [0.15, 0.2) is 0 Å². The summed E-state index contributed by atoms with van der Waals surface area (Å²) in [6, 6.07) is 0. The number of hydrogen-bond acceptors (Lipinski definition) is 2. The van der Waals surface area contributed by atoms with Crippen LogP contribution in [0.5, 0.6) is 0 Å². The summed E-state index contributed by atoms with van der Waals surface area (Å²) < 4.78 is 0. The molecule has 0 aromatic heterocycles. The highest BCUT2D eigenvalue weighted by Gasteiger charge is 2.02.